The van der Waals surface area contributed by atoms with Gasteiger partial charge in [-0.3, -0.25) is 5.10 Å². The van der Waals surface area contributed by atoms with Gasteiger partial charge < -0.3 is 14.8 Å². The molecule has 27 heavy (non-hydrogen) atoms. The van der Waals surface area contributed by atoms with Crippen LogP contribution in [0.15, 0.2) is 49.2 Å². The van der Waals surface area contributed by atoms with Crippen LogP contribution in [0.3, 0.4) is 0 Å². The van der Waals surface area contributed by atoms with E-state index in [1.807, 2.05) is 49.5 Å². The van der Waals surface area contributed by atoms with Crippen molar-refractivity contribution in [3.8, 4) is 11.5 Å². The number of hydrogen-bond donors (Lipinski definition) is 2. The first-order valence-electron chi connectivity index (χ1n) is 8.41. The molecule has 2 N–H and O–H groups in total. The molecule has 0 atom stereocenters. The van der Waals surface area contributed by atoms with Crippen molar-refractivity contribution in [2.75, 3.05) is 12.1 Å². The molecule has 1 aliphatic rings. The van der Waals surface area contributed by atoms with Crippen LogP contribution >= 0.6 is 0 Å². The summed E-state index contributed by atoms with van der Waals surface area (Å²) in [6.07, 6.45) is 1.87. The first kappa shape index (κ1) is 15.4. The second kappa shape index (κ2) is 5.87. The van der Waals surface area contributed by atoms with Crippen LogP contribution in [-0.4, -0.2) is 31.6 Å². The number of aryl methyl sites for hydroxylation is 1. The molecule has 0 radical (unpaired) electrons. The number of benzene rings is 1. The lowest BCUT2D eigenvalue weighted by Gasteiger charge is -2.10. The van der Waals surface area contributed by atoms with Gasteiger partial charge in [0.2, 0.25) is 6.79 Å². The monoisotopic (exact) mass is 360 g/mol. The maximum atomic E-state index is 5.45. The second-order valence-electron chi connectivity index (χ2n) is 6.23. The number of hydrogen-bond acceptors (Lipinski definition) is 6. The highest BCUT2D eigenvalue weighted by Crippen LogP contribution is 2.35. The van der Waals surface area contributed by atoms with Crippen molar-refractivity contribution in [1.82, 2.24) is 24.8 Å². The highest BCUT2D eigenvalue weighted by Gasteiger charge is 2.17. The average molecular weight is 360 g/mol. The maximum absolute atomic E-state index is 5.45. The quantitative estimate of drug-likeness (QED) is 0.580. The normalized spacial score (nSPS) is 12.5. The average Bonchev–Trinajstić information content (AvgIpc) is 3.40. The van der Waals surface area contributed by atoms with E-state index in [0.717, 1.165) is 22.5 Å². The minimum Gasteiger partial charge on any atom is -0.454 e. The van der Waals surface area contributed by atoms with E-state index in [9.17, 15) is 0 Å². The molecule has 5 rings (SSSR count). The third-order valence-electron chi connectivity index (χ3n) is 4.33. The molecule has 1 aromatic carbocycles. The Hall–Kier alpha value is -3.81. The molecular formula is C19H16N6O2. The number of fused-ring (bicyclic) bond motifs is 2. The van der Waals surface area contributed by atoms with Crippen LogP contribution < -0.4 is 14.8 Å². The molecule has 0 spiro atoms. The van der Waals surface area contributed by atoms with Crippen LogP contribution in [0.2, 0.25) is 0 Å². The highest BCUT2D eigenvalue weighted by molar-refractivity contribution is 5.79. The van der Waals surface area contributed by atoms with E-state index in [1.165, 1.54) is 0 Å². The van der Waals surface area contributed by atoms with Gasteiger partial charge in [-0.2, -0.15) is 5.10 Å². The zero-order valence-corrected chi connectivity index (χ0v) is 14.6. The topological polar surface area (TPSA) is 89.4 Å². The lowest BCUT2D eigenvalue weighted by atomic mass is 10.1. The van der Waals surface area contributed by atoms with Crippen LogP contribution in [-0.2, 0) is 0 Å². The Labute approximate surface area is 154 Å². The van der Waals surface area contributed by atoms with Crippen molar-refractivity contribution >= 4 is 22.7 Å². The summed E-state index contributed by atoms with van der Waals surface area (Å²) in [7, 11) is 0. The molecule has 0 saturated carbocycles. The third kappa shape index (κ3) is 2.67. The Morgan fingerprint density at radius 3 is 2.96 bits per heavy atom. The molecule has 0 saturated heterocycles. The van der Waals surface area contributed by atoms with E-state index in [0.29, 0.717) is 28.8 Å². The summed E-state index contributed by atoms with van der Waals surface area (Å²) in [5.41, 5.74) is 3.36. The van der Waals surface area contributed by atoms with E-state index in [2.05, 4.69) is 32.2 Å². The third-order valence-corrected chi connectivity index (χ3v) is 4.33. The lowest BCUT2D eigenvalue weighted by molar-refractivity contribution is 0.174. The predicted molar refractivity (Wildman–Crippen MR) is 100 cm³/mol. The predicted octanol–water partition coefficient (Wildman–Crippen LogP) is 3.29. The van der Waals surface area contributed by atoms with E-state index in [1.54, 1.807) is 4.52 Å². The van der Waals surface area contributed by atoms with Crippen LogP contribution in [0.4, 0.5) is 11.6 Å². The number of nitrogens with one attached hydrogen (secondary N) is 2. The van der Waals surface area contributed by atoms with Gasteiger partial charge in [-0.25, -0.2) is 9.50 Å². The van der Waals surface area contributed by atoms with Crippen molar-refractivity contribution in [1.29, 1.82) is 0 Å². The smallest absolute Gasteiger partial charge is 0.231 e. The number of nitrogens with zero attached hydrogens (tertiary/aromatic N) is 4. The van der Waals surface area contributed by atoms with E-state index in [-0.39, 0.29) is 6.79 Å². The summed E-state index contributed by atoms with van der Waals surface area (Å²) in [6.45, 7) is 6.35. The maximum Gasteiger partial charge on any atom is 0.231 e. The van der Waals surface area contributed by atoms with Gasteiger partial charge in [0.05, 0.1) is 0 Å². The van der Waals surface area contributed by atoms with Gasteiger partial charge in [0.15, 0.2) is 29.0 Å². The molecule has 0 aliphatic carbocycles. The molecule has 0 bridgehead atoms. The van der Waals surface area contributed by atoms with Crippen LogP contribution in [0, 0.1) is 6.92 Å². The Kier molecular flexibility index (Phi) is 3.36. The molecule has 134 valence electrons. The van der Waals surface area contributed by atoms with Crippen molar-refractivity contribution in [2.45, 2.75) is 6.92 Å². The van der Waals surface area contributed by atoms with E-state index >= 15 is 0 Å². The molecule has 0 amide bonds. The number of ether oxygens (including phenoxy) is 2. The molecule has 8 heteroatoms. The minimum atomic E-state index is 0.230. The number of H-pyrrole nitrogens is 1. The van der Waals surface area contributed by atoms with Crippen molar-refractivity contribution in [3.63, 3.8) is 0 Å². The Morgan fingerprint density at radius 1 is 1.22 bits per heavy atom. The van der Waals surface area contributed by atoms with Crippen LogP contribution in [0.5, 0.6) is 11.5 Å². The van der Waals surface area contributed by atoms with Crippen LogP contribution in [0.25, 0.3) is 11.1 Å². The highest BCUT2D eigenvalue weighted by atomic mass is 16.7. The largest absolute Gasteiger partial charge is 0.454 e. The fourth-order valence-corrected chi connectivity index (χ4v) is 2.97. The molecule has 0 fully saturated rings. The van der Waals surface area contributed by atoms with Gasteiger partial charge in [0, 0.05) is 23.5 Å². The Bertz CT molecular complexity index is 1180. The van der Waals surface area contributed by atoms with Gasteiger partial charge >= 0.3 is 0 Å². The van der Waals surface area contributed by atoms with Gasteiger partial charge in [-0.15, -0.1) is 5.10 Å². The van der Waals surface area contributed by atoms with Gasteiger partial charge in [0.25, 0.3) is 0 Å². The zero-order chi connectivity index (χ0) is 18.4. The number of aromatic amines is 1. The minimum absolute atomic E-state index is 0.230. The summed E-state index contributed by atoms with van der Waals surface area (Å²) in [6, 6.07) is 11.4. The van der Waals surface area contributed by atoms with E-state index < -0.39 is 0 Å². The van der Waals surface area contributed by atoms with Crippen LogP contribution in [0.1, 0.15) is 17.1 Å². The van der Waals surface area contributed by atoms with Crippen molar-refractivity contribution in [2.24, 2.45) is 0 Å². The lowest BCUT2D eigenvalue weighted by Crippen LogP contribution is -2.06. The number of rotatable bonds is 4. The standard InChI is InChI=1S/C19H16N6O2/c1-11-8-17(23-22-11)20-19-14-4-3-7-25(14)24-18(21-19)12(2)13-5-6-15-16(9-13)27-10-26-15/h3-9H,2,10H2,1H3,(H2,20,21,22,23,24). The fourth-order valence-electron chi connectivity index (χ4n) is 2.97. The molecule has 4 aromatic rings. The fraction of sp³-hybridized carbons (Fsp3) is 0.105. The summed E-state index contributed by atoms with van der Waals surface area (Å²) in [5, 5.41) is 14.9. The zero-order valence-electron chi connectivity index (χ0n) is 14.6. The Morgan fingerprint density at radius 2 is 2.11 bits per heavy atom. The summed E-state index contributed by atoms with van der Waals surface area (Å²) < 4.78 is 12.6. The Balaban J connectivity index is 1.55. The van der Waals surface area contributed by atoms with E-state index in [4.69, 9.17) is 9.47 Å². The van der Waals surface area contributed by atoms with Gasteiger partial charge in [0.1, 0.15) is 5.52 Å². The molecule has 8 nitrogen and oxygen atoms in total. The van der Waals surface area contributed by atoms with Gasteiger partial charge in [-0.05, 0) is 36.8 Å². The SMILES string of the molecule is C=C(c1ccc2c(c1)OCO2)c1nc(Nc2cc(C)[nH]n2)c2cccn2n1. The molecule has 3 aromatic heterocycles. The van der Waals surface area contributed by atoms with Crippen molar-refractivity contribution < 1.29 is 9.47 Å². The second-order valence-corrected chi connectivity index (χ2v) is 6.23. The number of anilines is 2. The number of aromatic nitrogens is 5. The molecular weight excluding hydrogens is 344 g/mol. The summed E-state index contributed by atoms with van der Waals surface area (Å²) in [5.74, 6) is 3.27. The summed E-state index contributed by atoms with van der Waals surface area (Å²) >= 11 is 0. The van der Waals surface area contributed by atoms with Crippen molar-refractivity contribution in [3.05, 3.63) is 66.3 Å². The van der Waals surface area contributed by atoms with Gasteiger partial charge in [-0.1, -0.05) is 12.6 Å². The first-order valence-corrected chi connectivity index (χ1v) is 8.41. The molecule has 4 heterocycles. The molecule has 1 aliphatic heterocycles. The molecule has 0 unspecified atom stereocenters. The first-order chi connectivity index (χ1) is 13.2. The summed E-state index contributed by atoms with van der Waals surface area (Å²) in [4.78, 5) is 4.68.